The summed E-state index contributed by atoms with van der Waals surface area (Å²) in [7, 11) is 1.53. The number of carboxylic acids is 1. The maximum absolute atomic E-state index is 12.0. The molecule has 1 rings (SSSR count). The standard InChI is InChI=1S/C13H23N3O5/c1-21-7-6-14-11(17)8-15-13(20)16(9-12(18)19)10-4-2-3-5-10/h10H,2-9H2,1H3,(H,14,17)(H,15,20)(H,18,19). The Bertz CT molecular complexity index is 369. The van der Waals surface area contributed by atoms with Crippen LogP contribution in [-0.2, 0) is 14.3 Å². The van der Waals surface area contributed by atoms with E-state index in [0.717, 1.165) is 25.7 Å². The Balaban J connectivity index is 2.41. The normalized spacial score (nSPS) is 14.7. The molecule has 1 aliphatic carbocycles. The Morgan fingerprint density at radius 3 is 2.48 bits per heavy atom. The summed E-state index contributed by atoms with van der Waals surface area (Å²) in [5, 5.41) is 13.9. The highest BCUT2D eigenvalue weighted by molar-refractivity contribution is 5.85. The molecule has 0 aromatic carbocycles. The lowest BCUT2D eigenvalue weighted by molar-refractivity contribution is -0.138. The van der Waals surface area contributed by atoms with Gasteiger partial charge in [0.15, 0.2) is 0 Å². The molecule has 0 unspecified atom stereocenters. The average molecular weight is 301 g/mol. The third-order valence-corrected chi connectivity index (χ3v) is 3.36. The first-order valence-electron chi connectivity index (χ1n) is 7.06. The minimum absolute atomic E-state index is 0.0577. The van der Waals surface area contributed by atoms with Gasteiger partial charge in [0.05, 0.1) is 13.2 Å². The summed E-state index contributed by atoms with van der Waals surface area (Å²) in [6.07, 6.45) is 3.60. The van der Waals surface area contributed by atoms with Gasteiger partial charge >= 0.3 is 12.0 Å². The van der Waals surface area contributed by atoms with Crippen molar-refractivity contribution in [2.75, 3.05) is 33.4 Å². The van der Waals surface area contributed by atoms with Crippen LogP contribution < -0.4 is 10.6 Å². The Morgan fingerprint density at radius 2 is 1.90 bits per heavy atom. The Labute approximate surface area is 123 Å². The average Bonchev–Trinajstić information content (AvgIpc) is 2.96. The molecule has 0 saturated heterocycles. The van der Waals surface area contributed by atoms with Crippen molar-refractivity contribution in [2.45, 2.75) is 31.7 Å². The molecule has 0 aromatic heterocycles. The number of carbonyl (C=O) groups is 3. The second-order valence-corrected chi connectivity index (χ2v) is 4.96. The highest BCUT2D eigenvalue weighted by Crippen LogP contribution is 2.23. The van der Waals surface area contributed by atoms with Gasteiger partial charge < -0.3 is 25.4 Å². The van der Waals surface area contributed by atoms with Crippen LogP contribution in [0.3, 0.4) is 0 Å². The van der Waals surface area contributed by atoms with Crippen LogP contribution in [0.2, 0.25) is 0 Å². The van der Waals surface area contributed by atoms with E-state index >= 15 is 0 Å². The molecule has 21 heavy (non-hydrogen) atoms. The molecule has 0 atom stereocenters. The summed E-state index contributed by atoms with van der Waals surface area (Å²) in [5.74, 6) is -1.39. The van der Waals surface area contributed by atoms with Gasteiger partial charge in [0.25, 0.3) is 0 Å². The topological polar surface area (TPSA) is 108 Å². The number of urea groups is 1. The summed E-state index contributed by atoms with van der Waals surface area (Å²) in [4.78, 5) is 35.7. The van der Waals surface area contributed by atoms with Crippen LogP contribution in [0.4, 0.5) is 4.79 Å². The smallest absolute Gasteiger partial charge is 0.323 e. The molecule has 0 spiro atoms. The molecule has 1 fully saturated rings. The number of rotatable bonds is 8. The number of carbonyl (C=O) groups excluding carboxylic acids is 2. The number of hydrogen-bond acceptors (Lipinski definition) is 4. The van der Waals surface area contributed by atoms with Crippen LogP contribution >= 0.6 is 0 Å². The van der Waals surface area contributed by atoms with Crippen LogP contribution in [0.25, 0.3) is 0 Å². The fraction of sp³-hybridized carbons (Fsp3) is 0.769. The van der Waals surface area contributed by atoms with Crippen molar-refractivity contribution in [3.63, 3.8) is 0 Å². The number of nitrogens with one attached hydrogen (secondary N) is 2. The number of ether oxygens (including phenoxy) is 1. The van der Waals surface area contributed by atoms with E-state index < -0.39 is 12.0 Å². The van der Waals surface area contributed by atoms with Gasteiger partial charge in [0.2, 0.25) is 5.91 Å². The van der Waals surface area contributed by atoms with Gasteiger partial charge in [-0.05, 0) is 12.8 Å². The minimum atomic E-state index is -1.05. The van der Waals surface area contributed by atoms with E-state index in [0.29, 0.717) is 13.2 Å². The van der Waals surface area contributed by atoms with Gasteiger partial charge in [-0.2, -0.15) is 0 Å². The molecule has 0 aliphatic heterocycles. The molecular formula is C13H23N3O5. The van der Waals surface area contributed by atoms with Crippen LogP contribution in [-0.4, -0.2) is 67.3 Å². The van der Waals surface area contributed by atoms with Crippen molar-refractivity contribution in [3.05, 3.63) is 0 Å². The molecule has 0 aromatic rings. The monoisotopic (exact) mass is 301 g/mol. The van der Waals surface area contributed by atoms with Gasteiger partial charge in [-0.1, -0.05) is 12.8 Å². The van der Waals surface area contributed by atoms with Crippen molar-refractivity contribution < 1.29 is 24.2 Å². The number of nitrogens with zero attached hydrogens (tertiary/aromatic N) is 1. The summed E-state index contributed by atoms with van der Waals surface area (Å²) < 4.78 is 4.79. The molecule has 8 nitrogen and oxygen atoms in total. The number of amides is 3. The lowest BCUT2D eigenvalue weighted by Crippen LogP contribution is -2.50. The van der Waals surface area contributed by atoms with Crippen LogP contribution in [0.5, 0.6) is 0 Å². The Kier molecular flexibility index (Phi) is 7.52. The van der Waals surface area contributed by atoms with Crippen molar-refractivity contribution in [2.24, 2.45) is 0 Å². The summed E-state index contributed by atoms with van der Waals surface area (Å²) in [5.41, 5.74) is 0. The molecule has 3 N–H and O–H groups in total. The zero-order valence-corrected chi connectivity index (χ0v) is 12.3. The maximum atomic E-state index is 12.0. The first-order chi connectivity index (χ1) is 10.0. The second kappa shape index (κ2) is 9.17. The van der Waals surface area contributed by atoms with Crippen molar-refractivity contribution in [3.8, 4) is 0 Å². The van der Waals surface area contributed by atoms with Gasteiger partial charge in [0, 0.05) is 19.7 Å². The maximum Gasteiger partial charge on any atom is 0.323 e. The zero-order valence-electron chi connectivity index (χ0n) is 12.3. The van der Waals surface area contributed by atoms with Gasteiger partial charge in [-0.15, -0.1) is 0 Å². The van der Waals surface area contributed by atoms with E-state index in [-0.39, 0.29) is 25.0 Å². The third-order valence-electron chi connectivity index (χ3n) is 3.36. The molecular weight excluding hydrogens is 278 g/mol. The number of methoxy groups -OCH3 is 1. The summed E-state index contributed by atoms with van der Waals surface area (Å²) in [6.45, 7) is 0.243. The molecule has 8 heteroatoms. The lowest BCUT2D eigenvalue weighted by atomic mass is 10.2. The van der Waals surface area contributed by atoms with Crippen LogP contribution in [0, 0.1) is 0 Å². The van der Waals surface area contributed by atoms with Crippen molar-refractivity contribution in [1.82, 2.24) is 15.5 Å². The summed E-state index contributed by atoms with van der Waals surface area (Å²) >= 11 is 0. The number of hydrogen-bond donors (Lipinski definition) is 3. The van der Waals surface area contributed by atoms with Crippen molar-refractivity contribution >= 4 is 17.9 Å². The molecule has 0 heterocycles. The van der Waals surface area contributed by atoms with E-state index in [1.807, 2.05) is 0 Å². The zero-order chi connectivity index (χ0) is 15.7. The van der Waals surface area contributed by atoms with E-state index in [2.05, 4.69) is 10.6 Å². The Morgan fingerprint density at radius 1 is 1.24 bits per heavy atom. The van der Waals surface area contributed by atoms with E-state index in [4.69, 9.17) is 9.84 Å². The van der Waals surface area contributed by atoms with E-state index in [9.17, 15) is 14.4 Å². The minimum Gasteiger partial charge on any atom is -0.480 e. The van der Waals surface area contributed by atoms with E-state index in [1.54, 1.807) is 0 Å². The second-order valence-electron chi connectivity index (χ2n) is 4.96. The molecule has 3 amide bonds. The molecule has 1 saturated carbocycles. The predicted octanol–water partition coefficient (Wildman–Crippen LogP) is -0.212. The van der Waals surface area contributed by atoms with Gasteiger partial charge in [-0.25, -0.2) is 4.79 Å². The van der Waals surface area contributed by atoms with E-state index in [1.165, 1.54) is 12.0 Å². The number of carboxylic acid groups (broad SMARTS) is 1. The molecule has 0 bridgehead atoms. The first-order valence-corrected chi connectivity index (χ1v) is 7.06. The van der Waals surface area contributed by atoms with Crippen LogP contribution in [0.1, 0.15) is 25.7 Å². The highest BCUT2D eigenvalue weighted by atomic mass is 16.5. The first kappa shape index (κ1) is 17.2. The van der Waals surface area contributed by atoms with Crippen molar-refractivity contribution in [1.29, 1.82) is 0 Å². The largest absolute Gasteiger partial charge is 0.480 e. The van der Waals surface area contributed by atoms with Crippen LogP contribution in [0.15, 0.2) is 0 Å². The molecule has 120 valence electrons. The quantitative estimate of drug-likeness (QED) is 0.538. The fourth-order valence-electron chi connectivity index (χ4n) is 2.34. The fourth-order valence-corrected chi connectivity index (χ4v) is 2.34. The Hall–Kier alpha value is -1.83. The van der Waals surface area contributed by atoms with Gasteiger partial charge in [-0.3, -0.25) is 9.59 Å². The predicted molar refractivity (Wildman–Crippen MR) is 74.9 cm³/mol. The lowest BCUT2D eigenvalue weighted by Gasteiger charge is -2.27. The molecule has 1 aliphatic rings. The molecule has 0 radical (unpaired) electrons. The number of aliphatic carboxylic acids is 1. The van der Waals surface area contributed by atoms with Gasteiger partial charge in [0.1, 0.15) is 6.54 Å². The third kappa shape index (κ3) is 6.44. The highest BCUT2D eigenvalue weighted by Gasteiger charge is 2.28. The SMILES string of the molecule is COCCNC(=O)CNC(=O)N(CC(=O)O)C1CCCC1. The summed E-state index contributed by atoms with van der Waals surface area (Å²) in [6, 6.07) is -0.566.